The SMILES string of the molecule is C=CC(=O)Oc1cc(C#Cc2ccc(OC(=O)C=C)cc2OC(=O)C=C)cc(OC(=O)C=C)c1. The van der Waals surface area contributed by atoms with Crippen LogP contribution < -0.4 is 18.9 Å². The van der Waals surface area contributed by atoms with Crippen LogP contribution in [0.15, 0.2) is 87.0 Å². The fourth-order valence-electron chi connectivity index (χ4n) is 2.28. The van der Waals surface area contributed by atoms with Crippen LogP contribution in [-0.4, -0.2) is 23.9 Å². The average Bonchev–Trinajstić information content (AvgIpc) is 2.82. The molecule has 0 aliphatic carbocycles. The van der Waals surface area contributed by atoms with E-state index in [1.807, 2.05) is 0 Å². The lowest BCUT2D eigenvalue weighted by atomic mass is 10.1. The van der Waals surface area contributed by atoms with Crippen molar-refractivity contribution in [2.45, 2.75) is 0 Å². The summed E-state index contributed by atoms with van der Waals surface area (Å²) in [4.78, 5) is 46.3. The minimum Gasteiger partial charge on any atom is -0.423 e. The van der Waals surface area contributed by atoms with Gasteiger partial charge in [-0.25, -0.2) is 19.2 Å². The molecular weight excluding hydrogens is 440 g/mol. The van der Waals surface area contributed by atoms with Gasteiger partial charge in [-0.3, -0.25) is 0 Å². The zero-order valence-electron chi connectivity index (χ0n) is 17.9. The maximum Gasteiger partial charge on any atom is 0.335 e. The van der Waals surface area contributed by atoms with Gasteiger partial charge in [-0.15, -0.1) is 0 Å². The first-order valence-corrected chi connectivity index (χ1v) is 9.46. The molecule has 0 saturated heterocycles. The maximum atomic E-state index is 11.7. The van der Waals surface area contributed by atoms with E-state index in [2.05, 4.69) is 38.2 Å². The molecule has 0 N–H and O–H groups in total. The molecular formula is C26H18O8. The second-order valence-electron chi connectivity index (χ2n) is 6.10. The van der Waals surface area contributed by atoms with E-state index in [1.54, 1.807) is 0 Å². The van der Waals surface area contributed by atoms with Crippen molar-refractivity contribution in [3.8, 4) is 34.8 Å². The zero-order valence-corrected chi connectivity index (χ0v) is 17.9. The van der Waals surface area contributed by atoms with Gasteiger partial charge in [0.2, 0.25) is 0 Å². The number of ether oxygens (including phenoxy) is 4. The van der Waals surface area contributed by atoms with Gasteiger partial charge in [0.1, 0.15) is 17.2 Å². The third kappa shape index (κ3) is 7.51. The highest BCUT2D eigenvalue weighted by molar-refractivity contribution is 5.86. The number of carbonyl (C=O) groups is 4. The summed E-state index contributed by atoms with van der Waals surface area (Å²) in [7, 11) is 0. The van der Waals surface area contributed by atoms with Crippen LogP contribution in [0.2, 0.25) is 0 Å². The molecule has 34 heavy (non-hydrogen) atoms. The normalized spacial score (nSPS) is 9.29. The lowest BCUT2D eigenvalue weighted by molar-refractivity contribution is -0.130. The molecule has 0 aliphatic heterocycles. The molecule has 0 heterocycles. The predicted octanol–water partition coefficient (Wildman–Crippen LogP) is 3.45. The number of hydrogen-bond acceptors (Lipinski definition) is 8. The third-order valence-electron chi connectivity index (χ3n) is 3.71. The Balaban J connectivity index is 2.50. The minimum atomic E-state index is -0.757. The van der Waals surface area contributed by atoms with Gasteiger partial charge in [0, 0.05) is 42.0 Å². The molecule has 0 atom stereocenters. The van der Waals surface area contributed by atoms with E-state index in [0.717, 1.165) is 24.3 Å². The summed E-state index contributed by atoms with van der Waals surface area (Å²) in [5.74, 6) is 2.88. The highest BCUT2D eigenvalue weighted by Gasteiger charge is 2.11. The van der Waals surface area contributed by atoms with Crippen LogP contribution >= 0.6 is 0 Å². The van der Waals surface area contributed by atoms with Crippen LogP contribution in [0.4, 0.5) is 0 Å². The maximum absolute atomic E-state index is 11.7. The second-order valence-corrected chi connectivity index (χ2v) is 6.10. The number of carbonyl (C=O) groups excluding carboxylic acids is 4. The van der Waals surface area contributed by atoms with E-state index in [4.69, 9.17) is 18.9 Å². The van der Waals surface area contributed by atoms with Crippen molar-refractivity contribution in [3.05, 3.63) is 98.1 Å². The molecule has 0 amide bonds. The third-order valence-corrected chi connectivity index (χ3v) is 3.71. The summed E-state index contributed by atoms with van der Waals surface area (Å²) in [6.45, 7) is 13.3. The summed E-state index contributed by atoms with van der Waals surface area (Å²) in [5, 5.41) is 0. The van der Waals surface area contributed by atoms with E-state index in [-0.39, 0.29) is 28.6 Å². The highest BCUT2D eigenvalue weighted by Crippen LogP contribution is 2.26. The second kappa shape index (κ2) is 12.0. The van der Waals surface area contributed by atoms with Crippen LogP contribution in [0.1, 0.15) is 11.1 Å². The van der Waals surface area contributed by atoms with Gasteiger partial charge >= 0.3 is 23.9 Å². The number of hydrogen-bond donors (Lipinski definition) is 0. The Morgan fingerprint density at radius 2 is 1.06 bits per heavy atom. The number of esters is 4. The Bertz CT molecular complexity index is 1220. The molecule has 0 spiro atoms. The molecule has 2 aromatic rings. The van der Waals surface area contributed by atoms with E-state index in [0.29, 0.717) is 5.56 Å². The van der Waals surface area contributed by atoms with E-state index in [9.17, 15) is 19.2 Å². The van der Waals surface area contributed by atoms with Crippen LogP contribution in [0.3, 0.4) is 0 Å². The Morgan fingerprint density at radius 1 is 0.588 bits per heavy atom. The Hall–Kier alpha value is -5.16. The van der Waals surface area contributed by atoms with Crippen molar-refractivity contribution < 1.29 is 38.1 Å². The predicted molar refractivity (Wildman–Crippen MR) is 122 cm³/mol. The standard InChI is InChI=1S/C26H18O8/c1-5-23(27)31-19-12-11-18(22(16-19)34-26(30)8-4)10-9-17-13-20(32-24(28)6-2)15-21(14-17)33-25(29)7-3/h5-8,11-16H,1-4H2. The summed E-state index contributed by atoms with van der Waals surface area (Å²) in [6, 6.07) is 8.37. The average molecular weight is 458 g/mol. The van der Waals surface area contributed by atoms with Crippen molar-refractivity contribution >= 4 is 23.9 Å². The fraction of sp³-hybridized carbons (Fsp3) is 0. The lowest BCUT2D eigenvalue weighted by Gasteiger charge is -2.08. The van der Waals surface area contributed by atoms with Gasteiger partial charge < -0.3 is 18.9 Å². The minimum absolute atomic E-state index is 0.000638. The summed E-state index contributed by atoms with van der Waals surface area (Å²) in [5.41, 5.74) is 0.552. The quantitative estimate of drug-likeness (QED) is 0.256. The van der Waals surface area contributed by atoms with Crippen molar-refractivity contribution in [2.75, 3.05) is 0 Å². The molecule has 0 fully saturated rings. The van der Waals surface area contributed by atoms with E-state index in [1.165, 1.54) is 36.4 Å². The van der Waals surface area contributed by atoms with Crippen molar-refractivity contribution in [1.29, 1.82) is 0 Å². The monoisotopic (exact) mass is 458 g/mol. The van der Waals surface area contributed by atoms with E-state index < -0.39 is 23.9 Å². The molecule has 0 aliphatic rings. The first-order valence-electron chi connectivity index (χ1n) is 9.46. The Labute approximate surface area is 195 Å². The van der Waals surface area contributed by atoms with Gasteiger partial charge in [0.25, 0.3) is 0 Å². The number of rotatable bonds is 8. The lowest BCUT2D eigenvalue weighted by Crippen LogP contribution is -2.07. The van der Waals surface area contributed by atoms with Gasteiger partial charge in [-0.05, 0) is 24.3 Å². The summed E-state index contributed by atoms with van der Waals surface area (Å²) >= 11 is 0. The molecule has 0 aromatic heterocycles. The Morgan fingerprint density at radius 3 is 1.56 bits per heavy atom. The van der Waals surface area contributed by atoms with E-state index >= 15 is 0 Å². The molecule has 0 bridgehead atoms. The Kier molecular flexibility index (Phi) is 8.88. The largest absolute Gasteiger partial charge is 0.423 e. The summed E-state index contributed by atoms with van der Waals surface area (Å²) < 4.78 is 20.4. The van der Waals surface area contributed by atoms with Crippen molar-refractivity contribution in [1.82, 2.24) is 0 Å². The van der Waals surface area contributed by atoms with Gasteiger partial charge in [0.15, 0.2) is 5.75 Å². The zero-order chi connectivity index (χ0) is 25.1. The van der Waals surface area contributed by atoms with Crippen molar-refractivity contribution in [3.63, 3.8) is 0 Å². The molecule has 0 radical (unpaired) electrons. The van der Waals surface area contributed by atoms with Gasteiger partial charge in [-0.1, -0.05) is 38.2 Å². The smallest absolute Gasteiger partial charge is 0.335 e. The molecule has 0 unspecified atom stereocenters. The van der Waals surface area contributed by atoms with Gasteiger partial charge in [0.05, 0.1) is 5.56 Å². The first kappa shape index (κ1) is 25.1. The molecule has 2 aromatic carbocycles. The topological polar surface area (TPSA) is 105 Å². The van der Waals surface area contributed by atoms with Gasteiger partial charge in [-0.2, -0.15) is 0 Å². The molecule has 8 nitrogen and oxygen atoms in total. The number of benzene rings is 2. The van der Waals surface area contributed by atoms with Crippen molar-refractivity contribution in [2.24, 2.45) is 0 Å². The molecule has 2 rings (SSSR count). The fourth-order valence-corrected chi connectivity index (χ4v) is 2.28. The van der Waals surface area contributed by atoms with Crippen LogP contribution in [0.25, 0.3) is 0 Å². The van der Waals surface area contributed by atoms with Crippen LogP contribution in [-0.2, 0) is 19.2 Å². The summed E-state index contributed by atoms with van der Waals surface area (Å²) in [6.07, 6.45) is 3.87. The highest BCUT2D eigenvalue weighted by atomic mass is 16.6. The van der Waals surface area contributed by atoms with Crippen LogP contribution in [0.5, 0.6) is 23.0 Å². The molecule has 8 heteroatoms. The first-order chi connectivity index (χ1) is 16.3. The molecule has 170 valence electrons. The van der Waals surface area contributed by atoms with Crippen LogP contribution in [0, 0.1) is 11.8 Å². The molecule has 0 saturated carbocycles.